The number of hydrogen-bond donors (Lipinski definition) is 0. The first kappa shape index (κ1) is 45.7. The van der Waals surface area contributed by atoms with Crippen LogP contribution in [0.5, 0.6) is 0 Å². The summed E-state index contributed by atoms with van der Waals surface area (Å²) in [6.45, 7) is 33.9. The summed E-state index contributed by atoms with van der Waals surface area (Å²) < 4.78 is 0. The van der Waals surface area contributed by atoms with E-state index < -0.39 is 0 Å². The Morgan fingerprint density at radius 3 is 0.789 bits per heavy atom. The molecule has 0 saturated heterocycles. The molecule has 0 aromatic heterocycles. The fourth-order valence-electron chi connectivity index (χ4n) is 2.76. The van der Waals surface area contributed by atoms with Gasteiger partial charge in [-0.3, -0.25) is 9.59 Å². The van der Waals surface area contributed by atoms with Crippen molar-refractivity contribution < 1.29 is 24.0 Å². The molecule has 0 rings (SSSR count). The van der Waals surface area contributed by atoms with Gasteiger partial charge in [0.15, 0.2) is 11.6 Å². The summed E-state index contributed by atoms with van der Waals surface area (Å²) in [7, 11) is 0. The van der Waals surface area contributed by atoms with Crippen molar-refractivity contribution in [2.24, 2.45) is 29.6 Å². The lowest BCUT2D eigenvalue weighted by Gasteiger charge is -2.00. The normalized spacial score (nSPS) is 9.66. The zero-order valence-electron chi connectivity index (χ0n) is 27.5. The van der Waals surface area contributed by atoms with E-state index in [9.17, 15) is 24.0 Å². The molecule has 0 heterocycles. The Morgan fingerprint density at radius 2 is 0.737 bits per heavy atom. The van der Waals surface area contributed by atoms with E-state index in [2.05, 4.69) is 13.2 Å². The van der Waals surface area contributed by atoms with Gasteiger partial charge in [0.1, 0.15) is 17.3 Å². The Hall–Kier alpha value is -2.17. The van der Waals surface area contributed by atoms with E-state index in [4.69, 9.17) is 0 Å². The monoisotopic (exact) mass is 538 g/mol. The van der Waals surface area contributed by atoms with Gasteiger partial charge in [0.25, 0.3) is 0 Å². The van der Waals surface area contributed by atoms with Gasteiger partial charge < -0.3 is 14.4 Å². The fourth-order valence-corrected chi connectivity index (χ4v) is 2.76. The SMILES string of the molecule is C=C(C)C(=O)CC(C)C.C=CC(=O)CC(C)C.CC(=O)CC(C)C.CC(=O)CC(C)C.CC(=O)CC(C)C. The van der Waals surface area contributed by atoms with Gasteiger partial charge in [0, 0.05) is 32.1 Å². The van der Waals surface area contributed by atoms with Crippen LogP contribution in [0.3, 0.4) is 0 Å². The molecule has 0 radical (unpaired) electrons. The molecular formula is C33H62O5. The summed E-state index contributed by atoms with van der Waals surface area (Å²) in [6, 6.07) is 0. The minimum atomic E-state index is 0.139. The van der Waals surface area contributed by atoms with Crippen molar-refractivity contribution >= 4 is 28.9 Å². The molecule has 0 aromatic carbocycles. The molecule has 0 aliphatic carbocycles. The molecule has 0 N–H and O–H groups in total. The zero-order chi connectivity index (χ0) is 31.6. The molecule has 0 aliphatic rings. The Morgan fingerprint density at radius 1 is 0.500 bits per heavy atom. The van der Waals surface area contributed by atoms with Gasteiger partial charge in [0.2, 0.25) is 0 Å². The second kappa shape index (κ2) is 29.4. The summed E-state index contributed by atoms with van der Waals surface area (Å²) in [5, 5.41) is 0. The summed E-state index contributed by atoms with van der Waals surface area (Å²) in [5.74, 6) is 3.67. The van der Waals surface area contributed by atoms with Crippen molar-refractivity contribution in [3.8, 4) is 0 Å². The van der Waals surface area contributed by atoms with E-state index in [0.717, 1.165) is 19.3 Å². The molecule has 5 heteroatoms. The molecule has 0 amide bonds. The van der Waals surface area contributed by atoms with E-state index >= 15 is 0 Å². The van der Waals surface area contributed by atoms with Gasteiger partial charge in [-0.05, 0) is 68.9 Å². The molecule has 0 aliphatic heterocycles. The molecule has 0 fully saturated rings. The zero-order valence-corrected chi connectivity index (χ0v) is 27.5. The van der Waals surface area contributed by atoms with Crippen molar-refractivity contribution in [3.05, 3.63) is 24.8 Å². The maximum Gasteiger partial charge on any atom is 0.158 e. The van der Waals surface area contributed by atoms with Crippen LogP contribution in [0.15, 0.2) is 24.8 Å². The van der Waals surface area contributed by atoms with Crippen LogP contribution in [0, 0.1) is 29.6 Å². The lowest BCUT2D eigenvalue weighted by atomic mass is 10.0. The van der Waals surface area contributed by atoms with Crippen molar-refractivity contribution in [2.45, 2.75) is 129 Å². The van der Waals surface area contributed by atoms with E-state index in [0.29, 0.717) is 48.0 Å². The van der Waals surface area contributed by atoms with E-state index in [-0.39, 0.29) is 28.9 Å². The van der Waals surface area contributed by atoms with E-state index in [1.54, 1.807) is 27.7 Å². The molecular weight excluding hydrogens is 476 g/mol. The molecule has 0 atom stereocenters. The third-order valence-electron chi connectivity index (χ3n) is 3.99. The number of hydrogen-bond acceptors (Lipinski definition) is 5. The second-order valence-electron chi connectivity index (χ2n) is 12.0. The second-order valence-corrected chi connectivity index (χ2v) is 12.0. The highest BCUT2D eigenvalue weighted by Gasteiger charge is 2.03. The predicted octanol–water partition coefficient (Wildman–Crippen LogP) is 8.83. The van der Waals surface area contributed by atoms with E-state index in [1.165, 1.54) is 6.08 Å². The highest BCUT2D eigenvalue weighted by atomic mass is 16.1. The smallest absolute Gasteiger partial charge is 0.158 e. The Bertz CT molecular complexity index is 632. The van der Waals surface area contributed by atoms with Crippen LogP contribution < -0.4 is 0 Å². The third-order valence-corrected chi connectivity index (χ3v) is 3.99. The average Bonchev–Trinajstić information content (AvgIpc) is 2.65. The van der Waals surface area contributed by atoms with Crippen LogP contribution in [0.2, 0.25) is 0 Å². The van der Waals surface area contributed by atoms with Crippen LogP contribution in [0.25, 0.3) is 0 Å². The van der Waals surface area contributed by atoms with Crippen molar-refractivity contribution in [2.75, 3.05) is 0 Å². The lowest BCUT2D eigenvalue weighted by Crippen LogP contribution is -2.02. The average molecular weight is 539 g/mol. The van der Waals surface area contributed by atoms with Crippen LogP contribution in [0.1, 0.15) is 129 Å². The Balaban J connectivity index is -0.000000120. The van der Waals surface area contributed by atoms with Gasteiger partial charge in [-0.15, -0.1) is 0 Å². The minimum absolute atomic E-state index is 0.139. The predicted molar refractivity (Wildman–Crippen MR) is 164 cm³/mol. The van der Waals surface area contributed by atoms with Gasteiger partial charge >= 0.3 is 0 Å². The first-order valence-electron chi connectivity index (χ1n) is 13.9. The van der Waals surface area contributed by atoms with Crippen molar-refractivity contribution in [1.29, 1.82) is 0 Å². The van der Waals surface area contributed by atoms with Crippen LogP contribution in [-0.4, -0.2) is 28.9 Å². The van der Waals surface area contributed by atoms with Gasteiger partial charge in [0.05, 0.1) is 0 Å². The Labute approximate surface area is 236 Å². The first-order valence-corrected chi connectivity index (χ1v) is 13.9. The highest BCUT2D eigenvalue weighted by molar-refractivity contribution is 5.94. The quantitative estimate of drug-likeness (QED) is 0.232. The molecule has 5 nitrogen and oxygen atoms in total. The topological polar surface area (TPSA) is 85.3 Å². The summed E-state index contributed by atoms with van der Waals surface area (Å²) in [4.78, 5) is 52.1. The number of carbonyl (C=O) groups excluding carboxylic acids is 5. The molecule has 0 spiro atoms. The molecule has 0 unspecified atom stereocenters. The number of carbonyl (C=O) groups is 5. The summed E-state index contributed by atoms with van der Waals surface area (Å²) in [5.41, 5.74) is 0.670. The maximum absolute atomic E-state index is 10.9. The molecule has 0 saturated carbocycles. The van der Waals surface area contributed by atoms with Crippen LogP contribution in [0.4, 0.5) is 0 Å². The van der Waals surface area contributed by atoms with E-state index in [1.807, 2.05) is 69.2 Å². The van der Waals surface area contributed by atoms with Gasteiger partial charge in [-0.1, -0.05) is 82.4 Å². The number of Topliss-reactive ketones (excluding diaryl/α,β-unsaturated/α-hetero) is 4. The van der Waals surface area contributed by atoms with Crippen molar-refractivity contribution in [3.63, 3.8) is 0 Å². The lowest BCUT2D eigenvalue weighted by molar-refractivity contribution is -0.118. The number of allylic oxidation sites excluding steroid dienone is 2. The minimum Gasteiger partial charge on any atom is -0.300 e. The highest BCUT2D eigenvalue weighted by Crippen LogP contribution is 2.04. The summed E-state index contributed by atoms with van der Waals surface area (Å²) >= 11 is 0. The van der Waals surface area contributed by atoms with Crippen LogP contribution in [-0.2, 0) is 24.0 Å². The van der Waals surface area contributed by atoms with Crippen molar-refractivity contribution in [1.82, 2.24) is 0 Å². The molecule has 38 heavy (non-hydrogen) atoms. The number of ketones is 5. The Kier molecular flexibility index (Phi) is 35.4. The van der Waals surface area contributed by atoms with Gasteiger partial charge in [-0.2, -0.15) is 0 Å². The first-order chi connectivity index (χ1) is 17.1. The fraction of sp³-hybridized carbons (Fsp3) is 0.727. The molecule has 0 aromatic rings. The molecule has 224 valence electrons. The standard InChI is InChI=1S/C8H14O.C7H12O.3C6H12O/c1-6(2)5-8(9)7(3)4;1-4-7(8)5-6(2)3;3*1-5(2)4-6(3)7/h6H,3,5H2,1-2,4H3;4,6H,1,5H2,2-3H3;3*5H,4H2,1-3H3. The molecule has 0 bridgehead atoms. The maximum atomic E-state index is 10.9. The van der Waals surface area contributed by atoms with Crippen LogP contribution >= 0.6 is 0 Å². The number of rotatable bonds is 12. The third kappa shape index (κ3) is 64.2. The summed E-state index contributed by atoms with van der Waals surface area (Å²) in [6.07, 6.45) is 4.80. The largest absolute Gasteiger partial charge is 0.300 e. The van der Waals surface area contributed by atoms with Gasteiger partial charge in [-0.25, -0.2) is 0 Å².